The highest BCUT2D eigenvalue weighted by molar-refractivity contribution is 9.09. The number of hydrogen-bond donors (Lipinski definition) is 1. The van der Waals surface area contributed by atoms with E-state index in [0.29, 0.717) is 23.6 Å². The van der Waals surface area contributed by atoms with Crippen molar-refractivity contribution in [1.82, 2.24) is 5.32 Å². The van der Waals surface area contributed by atoms with Gasteiger partial charge < -0.3 is 0 Å². The van der Waals surface area contributed by atoms with Crippen LogP contribution in [0.5, 0.6) is 0 Å². The molecule has 0 aliphatic rings. The second-order valence-corrected chi connectivity index (χ2v) is 8.30. The van der Waals surface area contributed by atoms with Crippen LogP contribution in [-0.4, -0.2) is 17.3 Å². The molecular formula is C20H17BrClF6NO. The van der Waals surface area contributed by atoms with Crippen molar-refractivity contribution < 1.29 is 31.1 Å². The molecule has 2 unspecified atom stereocenters. The lowest BCUT2D eigenvalue weighted by molar-refractivity contribution is -0.143. The highest BCUT2D eigenvalue weighted by atomic mass is 79.9. The zero-order chi connectivity index (χ0) is 22.7. The van der Waals surface area contributed by atoms with Gasteiger partial charge >= 0.3 is 12.4 Å². The molecule has 0 amide bonds. The van der Waals surface area contributed by atoms with Crippen LogP contribution in [0.4, 0.5) is 26.3 Å². The molecule has 2 atom stereocenters. The standard InChI is InChI=1S/C20H17BrClF6NO/c1-11(12-2-4-16(22)5-3-12)6-18(21)29-10-17(30)13-7-14(19(23,24)25)9-15(8-13)20(26,27)28/h2-5,7-9,11,18,29H,6,10H2,1H3. The number of halogens is 8. The smallest absolute Gasteiger partial charge is 0.298 e. The van der Waals surface area contributed by atoms with Crippen molar-refractivity contribution in [2.45, 2.75) is 36.6 Å². The Labute approximate surface area is 182 Å². The van der Waals surface area contributed by atoms with Crippen LogP contribution in [0.2, 0.25) is 5.02 Å². The van der Waals surface area contributed by atoms with Gasteiger partial charge in [-0.3, -0.25) is 10.1 Å². The van der Waals surface area contributed by atoms with Crippen molar-refractivity contribution in [2.24, 2.45) is 0 Å². The van der Waals surface area contributed by atoms with Crippen molar-refractivity contribution in [3.8, 4) is 0 Å². The summed E-state index contributed by atoms with van der Waals surface area (Å²) in [6, 6.07) is 8.01. The molecular weight excluding hydrogens is 500 g/mol. The van der Waals surface area contributed by atoms with Gasteiger partial charge in [-0.25, -0.2) is 0 Å². The molecule has 2 rings (SSSR count). The molecule has 164 valence electrons. The van der Waals surface area contributed by atoms with Gasteiger partial charge in [-0.15, -0.1) is 0 Å². The number of carbonyl (C=O) groups is 1. The lowest BCUT2D eigenvalue weighted by Crippen LogP contribution is -2.30. The van der Waals surface area contributed by atoms with Crippen LogP contribution in [0.15, 0.2) is 42.5 Å². The van der Waals surface area contributed by atoms with E-state index in [-0.39, 0.29) is 16.9 Å². The number of nitrogens with one attached hydrogen (secondary N) is 1. The quantitative estimate of drug-likeness (QED) is 0.185. The van der Waals surface area contributed by atoms with Crippen molar-refractivity contribution in [2.75, 3.05) is 6.54 Å². The summed E-state index contributed by atoms with van der Waals surface area (Å²) in [5.74, 6) is -0.824. The third kappa shape index (κ3) is 6.99. The Balaban J connectivity index is 2.07. The largest absolute Gasteiger partial charge is 0.416 e. The number of carbonyl (C=O) groups excluding carboxylic acids is 1. The van der Waals surface area contributed by atoms with Gasteiger partial charge in [0.05, 0.1) is 22.6 Å². The number of benzene rings is 2. The first-order valence-corrected chi connectivity index (χ1v) is 10.0. The first kappa shape index (κ1) is 24.7. The van der Waals surface area contributed by atoms with Crippen molar-refractivity contribution in [1.29, 1.82) is 0 Å². The normalized spacial score (nSPS) is 14.4. The van der Waals surface area contributed by atoms with Crippen LogP contribution in [0.3, 0.4) is 0 Å². The Morgan fingerprint density at radius 3 is 1.97 bits per heavy atom. The minimum atomic E-state index is -5.00. The Morgan fingerprint density at radius 2 is 1.50 bits per heavy atom. The number of alkyl halides is 7. The van der Waals surface area contributed by atoms with Crippen LogP contribution in [0.1, 0.15) is 46.3 Å². The fraction of sp³-hybridized carbons (Fsp3) is 0.350. The summed E-state index contributed by atoms with van der Waals surface area (Å²) < 4.78 is 77.6. The van der Waals surface area contributed by atoms with Gasteiger partial charge in [0, 0.05) is 10.6 Å². The Morgan fingerprint density at radius 1 is 1.00 bits per heavy atom. The molecule has 1 N–H and O–H groups in total. The molecule has 10 heteroatoms. The maximum Gasteiger partial charge on any atom is 0.416 e. The average Bonchev–Trinajstić information content (AvgIpc) is 2.64. The highest BCUT2D eigenvalue weighted by Crippen LogP contribution is 2.36. The summed E-state index contributed by atoms with van der Waals surface area (Å²) >= 11 is 9.18. The molecule has 0 bridgehead atoms. The minimum Gasteiger partial charge on any atom is -0.298 e. The van der Waals surface area contributed by atoms with Crippen molar-refractivity contribution >= 4 is 33.3 Å². The zero-order valence-electron chi connectivity index (χ0n) is 15.5. The van der Waals surface area contributed by atoms with E-state index in [1.165, 1.54) is 0 Å². The molecule has 0 fully saturated rings. The van der Waals surface area contributed by atoms with Gasteiger partial charge in [0.15, 0.2) is 5.78 Å². The number of Topliss-reactive ketones (excluding diaryl/α,β-unsaturated/α-hetero) is 1. The van der Waals surface area contributed by atoms with Gasteiger partial charge in [-0.1, -0.05) is 46.6 Å². The fourth-order valence-electron chi connectivity index (χ4n) is 2.74. The van der Waals surface area contributed by atoms with E-state index in [1.54, 1.807) is 12.1 Å². The van der Waals surface area contributed by atoms with Gasteiger partial charge in [-0.05, 0) is 48.2 Å². The molecule has 2 nitrogen and oxygen atoms in total. The molecule has 0 radical (unpaired) electrons. The van der Waals surface area contributed by atoms with Crippen LogP contribution >= 0.6 is 27.5 Å². The molecule has 0 spiro atoms. The summed E-state index contributed by atoms with van der Waals surface area (Å²) in [4.78, 5) is 11.9. The Hall–Kier alpha value is -1.58. The van der Waals surface area contributed by atoms with Gasteiger partial charge in [-0.2, -0.15) is 26.3 Å². The van der Waals surface area contributed by atoms with E-state index in [1.807, 2.05) is 19.1 Å². The summed E-state index contributed by atoms with van der Waals surface area (Å²) in [5, 5.41) is 3.38. The summed E-state index contributed by atoms with van der Waals surface area (Å²) in [6.45, 7) is 1.51. The van der Waals surface area contributed by atoms with Crippen LogP contribution in [0, 0.1) is 0 Å². The lowest BCUT2D eigenvalue weighted by atomic mass is 9.98. The molecule has 0 aliphatic carbocycles. The SMILES string of the molecule is CC(CC(Br)NCC(=O)c1cc(C(F)(F)F)cc(C(F)(F)F)c1)c1ccc(Cl)cc1. The third-order valence-electron chi connectivity index (χ3n) is 4.39. The fourth-order valence-corrected chi connectivity index (χ4v) is 3.59. The van der Waals surface area contributed by atoms with E-state index < -0.39 is 41.4 Å². The highest BCUT2D eigenvalue weighted by Gasteiger charge is 2.37. The van der Waals surface area contributed by atoms with E-state index in [4.69, 9.17) is 11.6 Å². The molecule has 0 saturated heterocycles. The number of hydrogen-bond acceptors (Lipinski definition) is 2. The molecule has 0 heterocycles. The van der Waals surface area contributed by atoms with Crippen LogP contribution in [-0.2, 0) is 12.4 Å². The Kier molecular flexibility index (Phi) is 7.98. The monoisotopic (exact) mass is 515 g/mol. The topological polar surface area (TPSA) is 29.1 Å². The van der Waals surface area contributed by atoms with E-state index in [0.717, 1.165) is 5.56 Å². The maximum absolute atomic E-state index is 12.9. The Bertz CT molecular complexity index is 850. The summed E-state index contributed by atoms with van der Waals surface area (Å²) in [6.07, 6.45) is -9.49. The van der Waals surface area contributed by atoms with Crippen LogP contribution in [0.25, 0.3) is 0 Å². The van der Waals surface area contributed by atoms with Crippen LogP contribution < -0.4 is 5.32 Å². The van der Waals surface area contributed by atoms with E-state index in [9.17, 15) is 31.1 Å². The molecule has 0 saturated carbocycles. The maximum atomic E-state index is 12.9. The number of rotatable bonds is 7. The molecule has 0 aliphatic heterocycles. The summed E-state index contributed by atoms with van der Waals surface area (Å²) in [7, 11) is 0. The zero-order valence-corrected chi connectivity index (χ0v) is 17.9. The van der Waals surface area contributed by atoms with Gasteiger partial charge in [0.25, 0.3) is 0 Å². The number of ketones is 1. The molecule has 30 heavy (non-hydrogen) atoms. The second kappa shape index (κ2) is 9.70. The first-order chi connectivity index (χ1) is 13.8. The lowest BCUT2D eigenvalue weighted by Gasteiger charge is -2.18. The second-order valence-electron chi connectivity index (χ2n) is 6.75. The van der Waals surface area contributed by atoms with Gasteiger partial charge in [0.1, 0.15) is 0 Å². The predicted molar refractivity (Wildman–Crippen MR) is 106 cm³/mol. The minimum absolute atomic E-state index is 0.00863. The summed E-state index contributed by atoms with van der Waals surface area (Å²) in [5.41, 5.74) is -2.71. The predicted octanol–water partition coefficient (Wildman–Crippen LogP) is 7.06. The molecule has 2 aromatic carbocycles. The average molecular weight is 517 g/mol. The van der Waals surface area contributed by atoms with E-state index >= 15 is 0 Å². The van der Waals surface area contributed by atoms with E-state index in [2.05, 4.69) is 21.2 Å². The van der Waals surface area contributed by atoms with Crippen molar-refractivity contribution in [3.63, 3.8) is 0 Å². The van der Waals surface area contributed by atoms with Crippen molar-refractivity contribution in [3.05, 3.63) is 69.7 Å². The molecule has 2 aromatic rings. The molecule has 0 aromatic heterocycles. The first-order valence-electron chi connectivity index (χ1n) is 8.73. The third-order valence-corrected chi connectivity index (χ3v) is 5.34. The van der Waals surface area contributed by atoms with Gasteiger partial charge in [0.2, 0.25) is 0 Å².